The molecule has 0 aliphatic rings. The van der Waals surface area contributed by atoms with Crippen LogP contribution in [0, 0.1) is 9.39 Å². The number of hydrogen-bond acceptors (Lipinski definition) is 5. The average Bonchev–Trinajstić information content (AvgIpc) is 2.94. The molecule has 1 aromatic carbocycles. The third-order valence-electron chi connectivity index (χ3n) is 2.44. The van der Waals surface area contributed by atoms with Crippen molar-refractivity contribution < 1.29 is 19.4 Å². The normalized spacial score (nSPS) is 12.4. The summed E-state index contributed by atoms with van der Waals surface area (Å²) in [5.41, 5.74) is 0.180. The molecule has 6 nitrogen and oxygen atoms in total. The Balaban J connectivity index is 2.26. The standard InChI is InChI=1S/C12H13FIN3O3/c13-10-3-8(14)1-2-11(10)17(12-4-15-7-16-12)20-6-9(19)5-18/h1-4,7,9,18-19H,5-6H2,(H,15,16)/t9-/m1/s1. The van der Waals surface area contributed by atoms with E-state index in [1.807, 2.05) is 22.6 Å². The van der Waals surface area contributed by atoms with Gasteiger partial charge in [-0.25, -0.2) is 14.4 Å². The Morgan fingerprint density at radius 1 is 1.50 bits per heavy atom. The maximum Gasteiger partial charge on any atom is 0.155 e. The monoisotopic (exact) mass is 393 g/mol. The lowest BCUT2D eigenvalue weighted by molar-refractivity contribution is 0.00525. The molecule has 108 valence electrons. The Labute approximate surface area is 128 Å². The number of halogens is 2. The van der Waals surface area contributed by atoms with Crippen LogP contribution in [0.15, 0.2) is 30.7 Å². The van der Waals surface area contributed by atoms with Crippen molar-refractivity contribution in [2.75, 3.05) is 18.3 Å². The number of aliphatic hydroxyl groups is 2. The zero-order valence-corrected chi connectivity index (χ0v) is 12.5. The molecule has 2 aromatic rings. The van der Waals surface area contributed by atoms with Crippen molar-refractivity contribution in [2.24, 2.45) is 0 Å². The van der Waals surface area contributed by atoms with Crippen molar-refractivity contribution in [3.05, 3.63) is 40.1 Å². The lowest BCUT2D eigenvalue weighted by Crippen LogP contribution is -2.27. The fraction of sp³-hybridized carbons (Fsp3) is 0.250. The number of H-pyrrole nitrogens is 1. The maximum atomic E-state index is 14.0. The van der Waals surface area contributed by atoms with Gasteiger partial charge < -0.3 is 15.2 Å². The van der Waals surface area contributed by atoms with Gasteiger partial charge in [-0.3, -0.25) is 4.84 Å². The number of anilines is 2. The first kappa shape index (κ1) is 15.2. The SMILES string of the molecule is OC[C@@H](O)CON(c1cnc[nH]1)c1ccc(I)cc1F. The van der Waals surface area contributed by atoms with Crippen molar-refractivity contribution in [3.63, 3.8) is 0 Å². The second kappa shape index (κ2) is 6.97. The molecule has 0 bridgehead atoms. The summed E-state index contributed by atoms with van der Waals surface area (Å²) in [5.74, 6) is -0.0553. The molecule has 0 spiro atoms. The summed E-state index contributed by atoms with van der Waals surface area (Å²) in [6, 6.07) is 4.66. The summed E-state index contributed by atoms with van der Waals surface area (Å²) < 4.78 is 14.8. The third-order valence-corrected chi connectivity index (χ3v) is 3.11. The van der Waals surface area contributed by atoms with Gasteiger partial charge in [-0.05, 0) is 40.8 Å². The van der Waals surface area contributed by atoms with Crippen molar-refractivity contribution >= 4 is 34.1 Å². The van der Waals surface area contributed by atoms with Crippen LogP contribution in [-0.4, -0.2) is 39.5 Å². The van der Waals surface area contributed by atoms with E-state index in [1.54, 1.807) is 12.1 Å². The number of aliphatic hydroxyl groups excluding tert-OH is 2. The van der Waals surface area contributed by atoms with E-state index in [-0.39, 0.29) is 12.3 Å². The number of aromatic amines is 1. The molecule has 0 amide bonds. The van der Waals surface area contributed by atoms with Gasteiger partial charge in [-0.15, -0.1) is 0 Å². The number of benzene rings is 1. The Hall–Kier alpha value is -1.23. The zero-order chi connectivity index (χ0) is 14.5. The van der Waals surface area contributed by atoms with Gasteiger partial charge in [-0.2, -0.15) is 0 Å². The predicted molar refractivity (Wildman–Crippen MR) is 78.9 cm³/mol. The number of nitrogens with zero attached hydrogens (tertiary/aromatic N) is 2. The Morgan fingerprint density at radius 3 is 2.90 bits per heavy atom. The molecule has 0 unspecified atom stereocenters. The quantitative estimate of drug-likeness (QED) is 0.513. The molecule has 3 N–H and O–H groups in total. The van der Waals surface area contributed by atoms with E-state index >= 15 is 0 Å². The molecule has 0 saturated carbocycles. The van der Waals surface area contributed by atoms with Gasteiger partial charge in [0.25, 0.3) is 0 Å². The highest BCUT2D eigenvalue weighted by Gasteiger charge is 2.18. The van der Waals surface area contributed by atoms with Crippen LogP contribution in [0.1, 0.15) is 0 Å². The molecule has 20 heavy (non-hydrogen) atoms. The highest BCUT2D eigenvalue weighted by atomic mass is 127. The smallest absolute Gasteiger partial charge is 0.155 e. The average molecular weight is 393 g/mol. The van der Waals surface area contributed by atoms with Crippen LogP contribution in [0.5, 0.6) is 0 Å². The minimum Gasteiger partial charge on any atom is -0.394 e. The van der Waals surface area contributed by atoms with Crippen LogP contribution >= 0.6 is 22.6 Å². The fourth-order valence-electron chi connectivity index (χ4n) is 1.49. The van der Waals surface area contributed by atoms with Crippen LogP contribution in [-0.2, 0) is 4.84 Å². The summed E-state index contributed by atoms with van der Waals surface area (Å²) in [6.45, 7) is -0.618. The van der Waals surface area contributed by atoms with Crippen molar-refractivity contribution in [3.8, 4) is 0 Å². The molecular weight excluding hydrogens is 380 g/mol. The Kier molecular flexibility index (Phi) is 5.29. The minimum absolute atomic E-state index is 0.180. The molecule has 2 rings (SSSR count). The van der Waals surface area contributed by atoms with E-state index in [9.17, 15) is 9.50 Å². The predicted octanol–water partition coefficient (Wildman–Crippen LogP) is 1.58. The summed E-state index contributed by atoms with van der Waals surface area (Å²) in [4.78, 5) is 12.0. The summed E-state index contributed by atoms with van der Waals surface area (Å²) >= 11 is 2.00. The number of hydrogen-bond donors (Lipinski definition) is 3. The molecule has 0 aliphatic carbocycles. The van der Waals surface area contributed by atoms with E-state index < -0.39 is 18.5 Å². The van der Waals surface area contributed by atoms with E-state index in [4.69, 9.17) is 9.94 Å². The van der Waals surface area contributed by atoms with Crippen LogP contribution in [0.25, 0.3) is 0 Å². The largest absolute Gasteiger partial charge is 0.394 e. The van der Waals surface area contributed by atoms with Gasteiger partial charge >= 0.3 is 0 Å². The highest BCUT2D eigenvalue weighted by molar-refractivity contribution is 14.1. The first-order chi connectivity index (χ1) is 9.61. The number of imidazole rings is 1. The lowest BCUT2D eigenvalue weighted by Gasteiger charge is -2.23. The zero-order valence-electron chi connectivity index (χ0n) is 10.3. The van der Waals surface area contributed by atoms with E-state index in [2.05, 4.69) is 9.97 Å². The molecule has 0 aliphatic heterocycles. The summed E-state index contributed by atoms with van der Waals surface area (Å²) in [6.07, 6.45) is 1.84. The van der Waals surface area contributed by atoms with Gasteiger partial charge in [-0.1, -0.05) is 0 Å². The van der Waals surface area contributed by atoms with Crippen LogP contribution in [0.2, 0.25) is 0 Å². The lowest BCUT2D eigenvalue weighted by atomic mass is 10.3. The molecule has 1 aromatic heterocycles. The van der Waals surface area contributed by atoms with Gasteiger partial charge in [0.2, 0.25) is 0 Å². The van der Waals surface area contributed by atoms with Crippen LogP contribution < -0.4 is 5.06 Å². The first-order valence-electron chi connectivity index (χ1n) is 5.77. The highest BCUT2D eigenvalue weighted by Crippen LogP contribution is 2.27. The van der Waals surface area contributed by atoms with Gasteiger partial charge in [0.05, 0.1) is 19.1 Å². The van der Waals surface area contributed by atoms with E-state index in [0.29, 0.717) is 5.82 Å². The molecule has 8 heteroatoms. The van der Waals surface area contributed by atoms with Crippen LogP contribution in [0.3, 0.4) is 0 Å². The molecular formula is C12H13FIN3O3. The van der Waals surface area contributed by atoms with Crippen molar-refractivity contribution in [2.45, 2.75) is 6.10 Å². The topological polar surface area (TPSA) is 81.6 Å². The first-order valence-corrected chi connectivity index (χ1v) is 6.85. The molecule has 0 saturated heterocycles. The summed E-state index contributed by atoms with van der Waals surface area (Å²) in [5, 5.41) is 19.3. The van der Waals surface area contributed by atoms with E-state index in [1.165, 1.54) is 23.7 Å². The van der Waals surface area contributed by atoms with E-state index in [0.717, 1.165) is 3.57 Å². The molecule has 0 fully saturated rings. The van der Waals surface area contributed by atoms with Gasteiger partial charge in [0.15, 0.2) is 5.82 Å². The second-order valence-electron chi connectivity index (χ2n) is 3.96. The second-order valence-corrected chi connectivity index (χ2v) is 5.20. The minimum atomic E-state index is -1.05. The maximum absolute atomic E-state index is 14.0. The van der Waals surface area contributed by atoms with Crippen molar-refractivity contribution in [1.29, 1.82) is 0 Å². The van der Waals surface area contributed by atoms with Gasteiger partial charge in [0.1, 0.15) is 24.2 Å². The van der Waals surface area contributed by atoms with Crippen LogP contribution in [0.4, 0.5) is 15.9 Å². The molecule has 1 atom stereocenters. The number of aromatic nitrogens is 2. The van der Waals surface area contributed by atoms with Gasteiger partial charge in [0, 0.05) is 3.57 Å². The number of rotatable bonds is 6. The summed E-state index contributed by atoms with van der Waals surface area (Å²) in [7, 11) is 0. The fourth-order valence-corrected chi connectivity index (χ4v) is 1.94. The Morgan fingerprint density at radius 2 is 2.30 bits per heavy atom. The molecule has 0 radical (unpaired) electrons. The number of nitrogens with one attached hydrogen (secondary N) is 1. The molecule has 1 heterocycles. The van der Waals surface area contributed by atoms with Crippen molar-refractivity contribution in [1.82, 2.24) is 9.97 Å². The third kappa shape index (κ3) is 3.66. The Bertz CT molecular complexity index is 553.